The maximum Gasteiger partial charge on any atom is 0.128 e. The van der Waals surface area contributed by atoms with Crippen LogP contribution in [0.2, 0.25) is 0 Å². The second-order valence-electron chi connectivity index (χ2n) is 3.75. The predicted octanol–water partition coefficient (Wildman–Crippen LogP) is 4.07. The van der Waals surface area contributed by atoms with Crippen LogP contribution >= 0.6 is 15.9 Å². The van der Waals surface area contributed by atoms with Crippen molar-refractivity contribution in [2.45, 2.75) is 6.54 Å². The van der Waals surface area contributed by atoms with Crippen molar-refractivity contribution >= 4 is 21.6 Å². The number of hydrogen-bond acceptors (Lipinski definition) is 2. The second kappa shape index (κ2) is 5.65. The van der Waals surface area contributed by atoms with Crippen LogP contribution in [0.15, 0.2) is 46.9 Å². The van der Waals surface area contributed by atoms with Gasteiger partial charge in [0.15, 0.2) is 0 Å². The molecule has 0 spiro atoms. The van der Waals surface area contributed by atoms with E-state index in [1.807, 2.05) is 0 Å². The van der Waals surface area contributed by atoms with E-state index in [1.165, 1.54) is 6.07 Å². The minimum atomic E-state index is -0.227. The summed E-state index contributed by atoms with van der Waals surface area (Å²) < 4.78 is 14.2. The van der Waals surface area contributed by atoms with Crippen LogP contribution in [0.4, 0.5) is 10.1 Å². The van der Waals surface area contributed by atoms with Gasteiger partial charge in [-0.2, -0.15) is 5.26 Å². The molecule has 0 unspecified atom stereocenters. The van der Waals surface area contributed by atoms with Gasteiger partial charge in [0.05, 0.1) is 11.6 Å². The van der Waals surface area contributed by atoms with Crippen LogP contribution in [-0.4, -0.2) is 0 Å². The monoisotopic (exact) mass is 304 g/mol. The summed E-state index contributed by atoms with van der Waals surface area (Å²) in [5.41, 5.74) is 2.02. The van der Waals surface area contributed by atoms with Crippen molar-refractivity contribution in [2.75, 3.05) is 5.32 Å². The van der Waals surface area contributed by atoms with Gasteiger partial charge in [-0.15, -0.1) is 0 Å². The summed E-state index contributed by atoms with van der Waals surface area (Å²) in [6.45, 7) is 0.400. The van der Waals surface area contributed by atoms with Gasteiger partial charge in [0.25, 0.3) is 0 Å². The quantitative estimate of drug-likeness (QED) is 0.927. The summed E-state index contributed by atoms with van der Waals surface area (Å²) in [6, 6.07) is 13.9. The zero-order valence-electron chi connectivity index (χ0n) is 9.45. The van der Waals surface area contributed by atoms with Crippen LogP contribution in [-0.2, 0) is 6.54 Å². The Morgan fingerprint density at radius 2 is 2.00 bits per heavy atom. The Labute approximate surface area is 113 Å². The van der Waals surface area contributed by atoms with Crippen molar-refractivity contribution in [3.8, 4) is 6.07 Å². The lowest BCUT2D eigenvalue weighted by Crippen LogP contribution is -2.02. The summed E-state index contributed by atoms with van der Waals surface area (Å²) in [5.74, 6) is -0.227. The summed E-state index contributed by atoms with van der Waals surface area (Å²) in [6.07, 6.45) is 0. The van der Waals surface area contributed by atoms with E-state index < -0.39 is 0 Å². The first-order chi connectivity index (χ1) is 8.70. The predicted molar refractivity (Wildman–Crippen MR) is 72.6 cm³/mol. The molecule has 0 aliphatic carbocycles. The molecule has 1 N–H and O–H groups in total. The molecule has 90 valence electrons. The molecule has 0 saturated heterocycles. The first kappa shape index (κ1) is 12.6. The fraction of sp³-hybridized carbons (Fsp3) is 0.0714. The minimum Gasteiger partial charge on any atom is -0.380 e. The van der Waals surface area contributed by atoms with E-state index in [2.05, 4.69) is 27.3 Å². The molecule has 0 amide bonds. The fourth-order valence-corrected chi connectivity index (χ4v) is 2.08. The molecule has 4 heteroatoms. The van der Waals surface area contributed by atoms with E-state index in [1.54, 1.807) is 36.4 Å². The Balaban J connectivity index is 2.12. The van der Waals surface area contributed by atoms with E-state index >= 15 is 0 Å². The topological polar surface area (TPSA) is 35.8 Å². The van der Waals surface area contributed by atoms with E-state index in [4.69, 9.17) is 5.26 Å². The van der Waals surface area contributed by atoms with Crippen LogP contribution in [0.25, 0.3) is 0 Å². The SMILES string of the molecule is N#Cc1ccc(NCc2ccccc2F)c(Br)c1. The maximum absolute atomic E-state index is 13.4. The number of anilines is 1. The number of rotatable bonds is 3. The largest absolute Gasteiger partial charge is 0.380 e. The van der Waals surface area contributed by atoms with Crippen LogP contribution < -0.4 is 5.32 Å². The number of benzene rings is 2. The number of nitrogens with one attached hydrogen (secondary N) is 1. The Kier molecular flexibility index (Phi) is 3.96. The lowest BCUT2D eigenvalue weighted by molar-refractivity contribution is 0.613. The number of nitrogens with zero attached hydrogens (tertiary/aromatic N) is 1. The van der Waals surface area contributed by atoms with Crippen LogP contribution in [0.1, 0.15) is 11.1 Å². The first-order valence-electron chi connectivity index (χ1n) is 5.37. The molecule has 0 fully saturated rings. The standard InChI is InChI=1S/C14H10BrFN2/c15-12-7-10(8-17)5-6-14(12)18-9-11-3-1-2-4-13(11)16/h1-7,18H,9H2. The molecule has 18 heavy (non-hydrogen) atoms. The molecular formula is C14H10BrFN2. The molecule has 2 rings (SSSR count). The molecule has 0 radical (unpaired) electrons. The lowest BCUT2D eigenvalue weighted by atomic mass is 10.2. The van der Waals surface area contributed by atoms with E-state index in [-0.39, 0.29) is 5.82 Å². The van der Waals surface area contributed by atoms with Crippen LogP contribution in [0.3, 0.4) is 0 Å². The third kappa shape index (κ3) is 2.88. The highest BCUT2D eigenvalue weighted by atomic mass is 79.9. The highest BCUT2D eigenvalue weighted by molar-refractivity contribution is 9.10. The molecule has 0 aliphatic heterocycles. The number of nitriles is 1. The van der Waals surface area contributed by atoms with Gasteiger partial charge in [-0.3, -0.25) is 0 Å². The van der Waals surface area contributed by atoms with Crippen molar-refractivity contribution in [1.29, 1.82) is 5.26 Å². The van der Waals surface area contributed by atoms with E-state index in [0.717, 1.165) is 10.2 Å². The van der Waals surface area contributed by atoms with Crippen molar-refractivity contribution in [2.24, 2.45) is 0 Å². The number of hydrogen-bond donors (Lipinski definition) is 1. The van der Waals surface area contributed by atoms with Crippen molar-refractivity contribution < 1.29 is 4.39 Å². The van der Waals surface area contributed by atoms with Gasteiger partial charge in [0.2, 0.25) is 0 Å². The van der Waals surface area contributed by atoms with Gasteiger partial charge < -0.3 is 5.32 Å². The average molecular weight is 305 g/mol. The normalized spacial score (nSPS) is 9.83. The summed E-state index contributed by atoms with van der Waals surface area (Å²) in [4.78, 5) is 0. The Hall–Kier alpha value is -1.86. The van der Waals surface area contributed by atoms with Crippen molar-refractivity contribution in [3.63, 3.8) is 0 Å². The van der Waals surface area contributed by atoms with Crippen LogP contribution in [0, 0.1) is 17.1 Å². The number of halogens is 2. The molecule has 2 nitrogen and oxygen atoms in total. The second-order valence-corrected chi connectivity index (χ2v) is 4.61. The highest BCUT2D eigenvalue weighted by Gasteiger charge is 2.03. The maximum atomic E-state index is 13.4. The molecule has 0 heterocycles. The minimum absolute atomic E-state index is 0.227. The van der Waals surface area contributed by atoms with Crippen molar-refractivity contribution in [1.82, 2.24) is 0 Å². The van der Waals surface area contributed by atoms with Gasteiger partial charge in [0, 0.05) is 22.3 Å². The summed E-state index contributed by atoms with van der Waals surface area (Å²) >= 11 is 3.37. The smallest absolute Gasteiger partial charge is 0.128 e. The van der Waals surface area contributed by atoms with E-state index in [0.29, 0.717) is 17.7 Å². The van der Waals surface area contributed by atoms with Gasteiger partial charge in [-0.25, -0.2) is 4.39 Å². The molecular weight excluding hydrogens is 295 g/mol. The Bertz CT molecular complexity index is 605. The molecule has 0 bridgehead atoms. The first-order valence-corrected chi connectivity index (χ1v) is 6.17. The van der Waals surface area contributed by atoms with Crippen LogP contribution in [0.5, 0.6) is 0 Å². The zero-order chi connectivity index (χ0) is 13.0. The van der Waals surface area contributed by atoms with Crippen molar-refractivity contribution in [3.05, 3.63) is 63.9 Å². The third-order valence-electron chi connectivity index (χ3n) is 2.53. The molecule has 0 saturated carbocycles. The molecule has 0 aromatic heterocycles. The summed E-state index contributed by atoms with van der Waals surface area (Å²) in [5, 5.41) is 11.9. The molecule has 2 aromatic carbocycles. The molecule has 0 aliphatic rings. The lowest BCUT2D eigenvalue weighted by Gasteiger charge is -2.09. The molecule has 2 aromatic rings. The van der Waals surface area contributed by atoms with Gasteiger partial charge >= 0.3 is 0 Å². The third-order valence-corrected chi connectivity index (χ3v) is 3.18. The Morgan fingerprint density at radius 3 is 2.67 bits per heavy atom. The van der Waals surface area contributed by atoms with Gasteiger partial charge in [0.1, 0.15) is 5.82 Å². The van der Waals surface area contributed by atoms with Gasteiger partial charge in [-0.1, -0.05) is 18.2 Å². The average Bonchev–Trinajstić information content (AvgIpc) is 2.39. The highest BCUT2D eigenvalue weighted by Crippen LogP contribution is 2.24. The van der Waals surface area contributed by atoms with Gasteiger partial charge in [-0.05, 0) is 40.2 Å². The zero-order valence-corrected chi connectivity index (χ0v) is 11.0. The summed E-state index contributed by atoms with van der Waals surface area (Å²) in [7, 11) is 0. The Morgan fingerprint density at radius 1 is 1.22 bits per heavy atom. The molecule has 0 atom stereocenters. The fourth-order valence-electron chi connectivity index (χ4n) is 1.56. The van der Waals surface area contributed by atoms with E-state index in [9.17, 15) is 4.39 Å².